The van der Waals surface area contributed by atoms with Crippen LogP contribution in [-0.2, 0) is 6.18 Å². The smallest absolute Gasteiger partial charge is 0.416 e. The highest BCUT2D eigenvalue weighted by atomic mass is 19.4. The van der Waals surface area contributed by atoms with Crippen LogP contribution in [0.4, 0.5) is 13.2 Å². The molecule has 3 nitrogen and oxygen atoms in total. The fourth-order valence-corrected chi connectivity index (χ4v) is 1.69. The van der Waals surface area contributed by atoms with Gasteiger partial charge in [0, 0.05) is 6.20 Å². The van der Waals surface area contributed by atoms with E-state index in [1.54, 1.807) is 0 Å². The first kappa shape index (κ1) is 13.4. The van der Waals surface area contributed by atoms with E-state index in [1.165, 1.54) is 30.5 Å². The van der Waals surface area contributed by atoms with Crippen LogP contribution >= 0.6 is 0 Å². The van der Waals surface area contributed by atoms with Gasteiger partial charge in [0.1, 0.15) is 11.4 Å². The molecule has 0 saturated heterocycles. The van der Waals surface area contributed by atoms with E-state index in [2.05, 4.69) is 4.98 Å². The summed E-state index contributed by atoms with van der Waals surface area (Å²) in [7, 11) is 0. The molecule has 6 heteroatoms. The molecular formula is C13H11F3N2O. The Morgan fingerprint density at radius 2 is 1.74 bits per heavy atom. The third-order valence-electron chi connectivity index (χ3n) is 2.71. The molecule has 0 aliphatic carbocycles. The lowest BCUT2D eigenvalue weighted by atomic mass is 10.0. The summed E-state index contributed by atoms with van der Waals surface area (Å²) >= 11 is 0. The maximum Gasteiger partial charge on any atom is 0.416 e. The molecule has 0 fully saturated rings. The molecule has 2 aromatic rings. The summed E-state index contributed by atoms with van der Waals surface area (Å²) in [6, 6.07) is 6.65. The van der Waals surface area contributed by atoms with Crippen molar-refractivity contribution in [2.75, 3.05) is 0 Å². The van der Waals surface area contributed by atoms with Crippen molar-refractivity contribution in [1.82, 2.24) is 4.98 Å². The van der Waals surface area contributed by atoms with E-state index in [4.69, 9.17) is 5.73 Å². The van der Waals surface area contributed by atoms with Gasteiger partial charge >= 0.3 is 6.18 Å². The molecule has 100 valence electrons. The zero-order valence-corrected chi connectivity index (χ0v) is 9.72. The third-order valence-corrected chi connectivity index (χ3v) is 2.71. The minimum atomic E-state index is -4.38. The minimum absolute atomic E-state index is 0.0881. The van der Waals surface area contributed by atoms with Crippen molar-refractivity contribution in [3.63, 3.8) is 0 Å². The average Bonchev–Trinajstić information content (AvgIpc) is 2.38. The molecule has 1 heterocycles. The molecule has 1 atom stereocenters. The molecule has 0 radical (unpaired) electrons. The zero-order valence-electron chi connectivity index (χ0n) is 9.72. The Morgan fingerprint density at radius 3 is 2.26 bits per heavy atom. The van der Waals surface area contributed by atoms with Crippen LogP contribution in [-0.4, -0.2) is 10.1 Å². The van der Waals surface area contributed by atoms with Crippen LogP contribution in [0.25, 0.3) is 0 Å². The maximum absolute atomic E-state index is 12.4. The first-order valence-corrected chi connectivity index (χ1v) is 5.46. The third kappa shape index (κ3) is 2.85. The van der Waals surface area contributed by atoms with Crippen LogP contribution in [0.2, 0.25) is 0 Å². The summed E-state index contributed by atoms with van der Waals surface area (Å²) in [4.78, 5) is 3.93. The lowest BCUT2D eigenvalue weighted by Crippen LogP contribution is -2.14. The highest BCUT2D eigenvalue weighted by Crippen LogP contribution is 2.31. The Morgan fingerprint density at radius 1 is 1.11 bits per heavy atom. The van der Waals surface area contributed by atoms with Crippen molar-refractivity contribution in [2.45, 2.75) is 12.2 Å². The number of nitrogens with zero attached hydrogens (tertiary/aromatic N) is 1. The van der Waals surface area contributed by atoms with Crippen LogP contribution in [0.15, 0.2) is 42.6 Å². The van der Waals surface area contributed by atoms with Gasteiger partial charge in [0.25, 0.3) is 0 Å². The number of hydrogen-bond acceptors (Lipinski definition) is 3. The fraction of sp³-hybridized carbons (Fsp3) is 0.154. The van der Waals surface area contributed by atoms with Gasteiger partial charge in [0.15, 0.2) is 0 Å². The molecular weight excluding hydrogens is 257 g/mol. The molecule has 19 heavy (non-hydrogen) atoms. The number of hydrogen-bond donors (Lipinski definition) is 2. The number of rotatable bonds is 2. The van der Waals surface area contributed by atoms with Gasteiger partial charge in [-0.1, -0.05) is 12.1 Å². The second-order valence-electron chi connectivity index (χ2n) is 4.01. The largest absolute Gasteiger partial charge is 0.506 e. The number of alkyl halides is 3. The molecule has 0 unspecified atom stereocenters. The van der Waals surface area contributed by atoms with E-state index in [0.717, 1.165) is 12.1 Å². The van der Waals surface area contributed by atoms with Crippen LogP contribution in [0.3, 0.4) is 0 Å². The van der Waals surface area contributed by atoms with Crippen molar-refractivity contribution in [3.05, 3.63) is 59.4 Å². The SMILES string of the molecule is N[C@@H](c1ccc(C(F)(F)F)cc1)c1ncccc1O. The number of halogens is 3. The summed E-state index contributed by atoms with van der Waals surface area (Å²) in [6.45, 7) is 0. The second kappa shape index (κ2) is 4.89. The molecule has 1 aromatic heterocycles. The molecule has 3 N–H and O–H groups in total. The molecule has 0 aliphatic heterocycles. The summed E-state index contributed by atoms with van der Waals surface area (Å²) in [5, 5.41) is 9.60. The van der Waals surface area contributed by atoms with Crippen LogP contribution in [0.1, 0.15) is 22.9 Å². The summed E-state index contributed by atoms with van der Waals surface area (Å²) in [5.74, 6) is -0.0881. The van der Waals surface area contributed by atoms with Crippen molar-refractivity contribution in [1.29, 1.82) is 0 Å². The molecule has 0 saturated carbocycles. The van der Waals surface area contributed by atoms with Gasteiger partial charge in [-0.25, -0.2) is 0 Å². The molecule has 0 bridgehead atoms. The van der Waals surface area contributed by atoms with Crippen molar-refractivity contribution in [3.8, 4) is 5.75 Å². The number of nitrogens with two attached hydrogens (primary N) is 1. The van der Waals surface area contributed by atoms with E-state index in [-0.39, 0.29) is 11.4 Å². The van der Waals surface area contributed by atoms with Crippen LogP contribution in [0.5, 0.6) is 5.75 Å². The molecule has 0 spiro atoms. The average molecular weight is 268 g/mol. The first-order valence-electron chi connectivity index (χ1n) is 5.46. The number of aromatic hydroxyl groups is 1. The number of aromatic nitrogens is 1. The van der Waals surface area contributed by atoms with Crippen molar-refractivity contribution >= 4 is 0 Å². The van der Waals surface area contributed by atoms with Gasteiger partial charge < -0.3 is 10.8 Å². The lowest BCUT2D eigenvalue weighted by Gasteiger charge is -2.14. The predicted octanol–water partition coefficient (Wildman–Crippen LogP) is 2.85. The quantitative estimate of drug-likeness (QED) is 0.880. The number of pyridine rings is 1. The summed E-state index contributed by atoms with van der Waals surface area (Å²) in [6.07, 6.45) is -2.92. The normalized spacial score (nSPS) is 13.3. The zero-order chi connectivity index (χ0) is 14.0. The lowest BCUT2D eigenvalue weighted by molar-refractivity contribution is -0.137. The van der Waals surface area contributed by atoms with E-state index < -0.39 is 17.8 Å². The van der Waals surface area contributed by atoms with Gasteiger partial charge in [-0.3, -0.25) is 4.98 Å². The molecule has 0 aliphatic rings. The summed E-state index contributed by atoms with van der Waals surface area (Å²) < 4.78 is 37.3. The molecule has 1 aromatic carbocycles. The van der Waals surface area contributed by atoms with Crippen molar-refractivity contribution in [2.24, 2.45) is 5.73 Å². The molecule has 2 rings (SSSR count). The van der Waals surface area contributed by atoms with Crippen LogP contribution in [0, 0.1) is 0 Å². The van der Waals surface area contributed by atoms with Crippen LogP contribution < -0.4 is 5.73 Å². The first-order chi connectivity index (χ1) is 8.89. The topological polar surface area (TPSA) is 59.1 Å². The Kier molecular flexibility index (Phi) is 3.44. The Balaban J connectivity index is 2.31. The van der Waals surface area contributed by atoms with Gasteiger partial charge in [-0.05, 0) is 29.8 Å². The Bertz CT molecular complexity index is 567. The monoisotopic (exact) mass is 268 g/mol. The van der Waals surface area contributed by atoms with Gasteiger partial charge in [0.2, 0.25) is 0 Å². The Labute approximate surface area is 107 Å². The van der Waals surface area contributed by atoms with Crippen molar-refractivity contribution < 1.29 is 18.3 Å². The highest BCUT2D eigenvalue weighted by Gasteiger charge is 2.30. The fourth-order valence-electron chi connectivity index (χ4n) is 1.69. The van der Waals surface area contributed by atoms with Gasteiger partial charge in [-0.2, -0.15) is 13.2 Å². The second-order valence-corrected chi connectivity index (χ2v) is 4.01. The standard InChI is InChI=1S/C13H11F3N2O/c14-13(15,16)9-5-3-8(4-6-9)11(17)12-10(19)2-1-7-18-12/h1-7,11,19H,17H2/t11-/m0/s1. The summed E-state index contributed by atoms with van der Waals surface area (Å²) in [5.41, 5.74) is 5.80. The van der Waals surface area contributed by atoms with Gasteiger partial charge in [0.05, 0.1) is 11.6 Å². The van der Waals surface area contributed by atoms with Gasteiger partial charge in [-0.15, -0.1) is 0 Å². The van der Waals surface area contributed by atoms with E-state index in [0.29, 0.717) is 5.56 Å². The van der Waals surface area contributed by atoms with E-state index >= 15 is 0 Å². The minimum Gasteiger partial charge on any atom is -0.506 e. The number of benzene rings is 1. The van der Waals surface area contributed by atoms with E-state index in [9.17, 15) is 18.3 Å². The maximum atomic E-state index is 12.4. The van der Waals surface area contributed by atoms with E-state index in [1.807, 2.05) is 0 Å². The highest BCUT2D eigenvalue weighted by molar-refractivity contribution is 5.36. The molecule has 0 amide bonds. The Hall–Kier alpha value is -2.08. The predicted molar refractivity (Wildman–Crippen MR) is 63.4 cm³/mol.